The van der Waals surface area contributed by atoms with Gasteiger partial charge in [-0.15, -0.1) is 0 Å². The van der Waals surface area contributed by atoms with Gasteiger partial charge in [-0.3, -0.25) is 9.32 Å². The maximum absolute atomic E-state index is 12.0. The van der Waals surface area contributed by atoms with Crippen molar-refractivity contribution in [3.63, 3.8) is 0 Å². The Hall–Kier alpha value is -3.39. The average Bonchev–Trinajstić information content (AvgIpc) is 3.15. The van der Waals surface area contributed by atoms with E-state index in [-0.39, 0.29) is 18.5 Å². The highest BCUT2D eigenvalue weighted by Crippen LogP contribution is 2.26. The van der Waals surface area contributed by atoms with Gasteiger partial charge in [-0.25, -0.2) is 4.79 Å². The van der Waals surface area contributed by atoms with Gasteiger partial charge in [-0.2, -0.15) is 4.98 Å². The summed E-state index contributed by atoms with van der Waals surface area (Å²) in [5, 5.41) is 6.83. The van der Waals surface area contributed by atoms with Crippen LogP contribution in [-0.2, 0) is 9.53 Å². The third kappa shape index (κ3) is 4.62. The van der Waals surface area contributed by atoms with Crippen molar-refractivity contribution in [3.05, 3.63) is 59.1 Å². The Morgan fingerprint density at radius 3 is 2.78 bits per heavy atom. The topological polar surface area (TPSA) is 104 Å². The number of aromatic nitrogens is 2. The summed E-state index contributed by atoms with van der Waals surface area (Å²) in [6.07, 6.45) is -0.164. The first-order valence-corrected chi connectivity index (χ1v) is 8.14. The molecule has 0 saturated carbocycles. The summed E-state index contributed by atoms with van der Waals surface area (Å²) >= 11 is 6.07. The number of esters is 1. The van der Waals surface area contributed by atoms with E-state index in [4.69, 9.17) is 20.9 Å². The fraction of sp³-hybridized carbons (Fsp3) is 0.111. The fourth-order valence-electron chi connectivity index (χ4n) is 2.19. The summed E-state index contributed by atoms with van der Waals surface area (Å²) in [7, 11) is 1.28. The largest absolute Gasteiger partial charge is 0.465 e. The van der Waals surface area contributed by atoms with E-state index in [1.54, 1.807) is 42.5 Å². The van der Waals surface area contributed by atoms with Crippen LogP contribution in [0.5, 0.6) is 6.08 Å². The lowest BCUT2D eigenvalue weighted by molar-refractivity contribution is -0.118. The van der Waals surface area contributed by atoms with E-state index in [9.17, 15) is 9.59 Å². The molecular formula is C18H14ClN3O5. The van der Waals surface area contributed by atoms with Crippen molar-refractivity contribution in [1.82, 2.24) is 10.1 Å². The Kier molecular flexibility index (Phi) is 5.68. The Morgan fingerprint density at radius 1 is 1.19 bits per heavy atom. The van der Waals surface area contributed by atoms with Crippen LogP contribution in [0.1, 0.15) is 10.4 Å². The molecule has 0 saturated heterocycles. The maximum atomic E-state index is 12.0. The lowest BCUT2D eigenvalue weighted by atomic mass is 10.2. The van der Waals surface area contributed by atoms with Gasteiger partial charge in [0.15, 0.2) is 6.61 Å². The summed E-state index contributed by atoms with van der Waals surface area (Å²) in [5.41, 5.74) is 1.33. The number of anilines is 1. The summed E-state index contributed by atoms with van der Waals surface area (Å²) in [6.45, 7) is -0.355. The lowest BCUT2D eigenvalue weighted by Crippen LogP contribution is -2.20. The molecule has 1 N–H and O–H groups in total. The van der Waals surface area contributed by atoms with Gasteiger partial charge < -0.3 is 14.8 Å². The second kappa shape index (κ2) is 8.33. The number of amides is 1. The van der Waals surface area contributed by atoms with Crippen LogP contribution in [0.3, 0.4) is 0 Å². The molecule has 8 nitrogen and oxygen atoms in total. The van der Waals surface area contributed by atoms with Gasteiger partial charge in [0.05, 0.1) is 17.7 Å². The summed E-state index contributed by atoms with van der Waals surface area (Å²) in [4.78, 5) is 27.6. The molecular weight excluding hydrogens is 374 g/mol. The first-order chi connectivity index (χ1) is 13.1. The molecule has 0 aliphatic rings. The number of carbonyl (C=O) groups is 2. The zero-order chi connectivity index (χ0) is 19.2. The molecule has 9 heteroatoms. The predicted octanol–water partition coefficient (Wildman–Crippen LogP) is 3.19. The number of hydrogen-bond acceptors (Lipinski definition) is 7. The second-order valence-corrected chi connectivity index (χ2v) is 5.68. The molecule has 0 aliphatic heterocycles. The molecule has 27 heavy (non-hydrogen) atoms. The average molecular weight is 388 g/mol. The van der Waals surface area contributed by atoms with Crippen molar-refractivity contribution in [1.29, 1.82) is 0 Å². The van der Waals surface area contributed by atoms with E-state index in [0.717, 1.165) is 0 Å². The number of methoxy groups -OCH3 is 1. The maximum Gasteiger partial charge on any atom is 0.418 e. The smallest absolute Gasteiger partial charge is 0.418 e. The highest BCUT2D eigenvalue weighted by molar-refractivity contribution is 6.33. The fourth-order valence-corrected chi connectivity index (χ4v) is 2.41. The Balaban J connectivity index is 1.59. The van der Waals surface area contributed by atoms with Gasteiger partial charge in [-0.1, -0.05) is 35.0 Å². The number of benzene rings is 2. The van der Waals surface area contributed by atoms with Gasteiger partial charge in [0.2, 0.25) is 5.82 Å². The Bertz CT molecular complexity index is 973. The SMILES string of the molecule is COC(=O)c1cccc(NC(=O)COc2nc(-c3ccccc3Cl)no2)c1. The number of ether oxygens (including phenoxy) is 2. The van der Waals surface area contributed by atoms with Crippen molar-refractivity contribution >= 4 is 29.2 Å². The molecule has 0 unspecified atom stereocenters. The van der Waals surface area contributed by atoms with E-state index >= 15 is 0 Å². The van der Waals surface area contributed by atoms with Crippen LogP contribution < -0.4 is 10.1 Å². The molecule has 1 aromatic heterocycles. The molecule has 2 aromatic carbocycles. The van der Waals surface area contributed by atoms with Gasteiger partial charge in [0, 0.05) is 11.3 Å². The Labute approximate surface area is 159 Å². The van der Waals surface area contributed by atoms with Crippen molar-refractivity contribution < 1.29 is 23.6 Å². The van der Waals surface area contributed by atoms with Crippen molar-refractivity contribution in [2.45, 2.75) is 0 Å². The number of halogens is 1. The van der Waals surface area contributed by atoms with E-state index in [1.807, 2.05) is 0 Å². The molecule has 0 spiro atoms. The highest BCUT2D eigenvalue weighted by Gasteiger charge is 2.14. The summed E-state index contributed by atoms with van der Waals surface area (Å²) in [6, 6.07) is 13.3. The minimum absolute atomic E-state index is 0.164. The van der Waals surface area contributed by atoms with Crippen LogP contribution in [-0.4, -0.2) is 35.7 Å². The minimum Gasteiger partial charge on any atom is -0.465 e. The van der Waals surface area contributed by atoms with Crippen molar-refractivity contribution in [2.24, 2.45) is 0 Å². The first kappa shape index (κ1) is 18.4. The second-order valence-electron chi connectivity index (χ2n) is 5.27. The van der Waals surface area contributed by atoms with Crippen LogP contribution in [0.2, 0.25) is 5.02 Å². The minimum atomic E-state index is -0.500. The molecule has 1 amide bonds. The Morgan fingerprint density at radius 2 is 2.00 bits per heavy atom. The molecule has 0 radical (unpaired) electrons. The number of hydrogen-bond donors (Lipinski definition) is 1. The highest BCUT2D eigenvalue weighted by atomic mass is 35.5. The van der Waals surface area contributed by atoms with Crippen molar-refractivity contribution in [2.75, 3.05) is 19.0 Å². The van der Waals surface area contributed by atoms with Crippen LogP contribution in [0.15, 0.2) is 53.1 Å². The van der Waals surface area contributed by atoms with Gasteiger partial charge in [0.25, 0.3) is 5.91 Å². The zero-order valence-electron chi connectivity index (χ0n) is 14.1. The quantitative estimate of drug-likeness (QED) is 0.647. The third-order valence-electron chi connectivity index (χ3n) is 3.42. The first-order valence-electron chi connectivity index (χ1n) is 7.76. The normalized spacial score (nSPS) is 10.3. The van der Waals surface area contributed by atoms with Gasteiger partial charge in [-0.05, 0) is 30.3 Å². The predicted molar refractivity (Wildman–Crippen MR) is 96.7 cm³/mol. The molecule has 0 bridgehead atoms. The molecule has 3 aromatic rings. The van der Waals surface area contributed by atoms with Crippen LogP contribution >= 0.6 is 11.6 Å². The zero-order valence-corrected chi connectivity index (χ0v) is 14.9. The molecule has 0 fully saturated rings. The van der Waals surface area contributed by atoms with Crippen LogP contribution in [0.25, 0.3) is 11.4 Å². The monoisotopic (exact) mass is 387 g/mol. The molecule has 0 atom stereocenters. The number of rotatable bonds is 6. The van der Waals surface area contributed by atoms with E-state index in [0.29, 0.717) is 21.8 Å². The third-order valence-corrected chi connectivity index (χ3v) is 3.75. The van der Waals surface area contributed by atoms with Gasteiger partial charge in [0.1, 0.15) is 0 Å². The van der Waals surface area contributed by atoms with Crippen molar-refractivity contribution in [3.8, 4) is 17.5 Å². The number of carbonyl (C=O) groups excluding carboxylic acids is 2. The lowest BCUT2D eigenvalue weighted by Gasteiger charge is -2.06. The standard InChI is InChI=1S/C18H14ClN3O5/c1-25-17(24)11-5-4-6-12(9-11)20-15(23)10-26-18-21-16(22-27-18)13-7-2-3-8-14(13)19/h2-9H,10H2,1H3,(H,20,23). The molecule has 0 aliphatic carbocycles. The molecule has 3 rings (SSSR count). The van der Waals surface area contributed by atoms with Gasteiger partial charge >= 0.3 is 12.0 Å². The number of nitrogens with one attached hydrogen (secondary N) is 1. The molecule has 1 heterocycles. The summed E-state index contributed by atoms with van der Waals surface area (Å²) in [5.74, 6) is -0.711. The van der Waals surface area contributed by atoms with Crippen LogP contribution in [0.4, 0.5) is 5.69 Å². The van der Waals surface area contributed by atoms with E-state index in [1.165, 1.54) is 13.2 Å². The summed E-state index contributed by atoms with van der Waals surface area (Å²) < 4.78 is 14.8. The molecule has 138 valence electrons. The van der Waals surface area contributed by atoms with E-state index in [2.05, 4.69) is 20.2 Å². The number of nitrogens with zero attached hydrogens (tertiary/aromatic N) is 2. The van der Waals surface area contributed by atoms with Crippen LogP contribution in [0, 0.1) is 0 Å². The van der Waals surface area contributed by atoms with E-state index < -0.39 is 11.9 Å².